The van der Waals surface area contributed by atoms with E-state index in [2.05, 4.69) is 15.3 Å². The zero-order valence-corrected chi connectivity index (χ0v) is 9.26. The molecule has 0 radical (unpaired) electrons. The Hall–Kier alpha value is -1.16. The summed E-state index contributed by atoms with van der Waals surface area (Å²) in [5.74, 6) is 0.862. The predicted molar refractivity (Wildman–Crippen MR) is 58.0 cm³/mol. The highest BCUT2D eigenvalue weighted by atomic mass is 16.1. The van der Waals surface area contributed by atoms with Crippen molar-refractivity contribution in [2.75, 3.05) is 13.1 Å². The maximum atomic E-state index is 12.0. The molecular formula is C11H17N3O. The lowest BCUT2D eigenvalue weighted by Gasteiger charge is -2.20. The first-order valence-corrected chi connectivity index (χ1v) is 5.46. The van der Waals surface area contributed by atoms with Crippen molar-refractivity contribution < 1.29 is 4.79 Å². The lowest BCUT2D eigenvalue weighted by Crippen LogP contribution is -2.32. The van der Waals surface area contributed by atoms with Gasteiger partial charge in [-0.1, -0.05) is 0 Å². The van der Waals surface area contributed by atoms with Gasteiger partial charge >= 0.3 is 0 Å². The van der Waals surface area contributed by atoms with E-state index in [-0.39, 0.29) is 11.7 Å². The maximum Gasteiger partial charge on any atom is 0.201 e. The summed E-state index contributed by atoms with van der Waals surface area (Å²) < 4.78 is 0. The maximum absolute atomic E-state index is 12.0. The molecule has 1 aromatic rings. The number of hydrogen-bond acceptors (Lipinski definition) is 3. The molecule has 15 heavy (non-hydrogen) atoms. The number of carbonyl (C=O) groups is 1. The highest BCUT2D eigenvalue weighted by Gasteiger charge is 2.24. The van der Waals surface area contributed by atoms with Crippen molar-refractivity contribution in [3.63, 3.8) is 0 Å². The van der Waals surface area contributed by atoms with Gasteiger partial charge in [0.2, 0.25) is 5.78 Å². The largest absolute Gasteiger partial charge is 0.339 e. The monoisotopic (exact) mass is 207 g/mol. The molecule has 0 aliphatic carbocycles. The smallest absolute Gasteiger partial charge is 0.201 e. The van der Waals surface area contributed by atoms with Crippen molar-refractivity contribution in [1.82, 2.24) is 15.3 Å². The van der Waals surface area contributed by atoms with Crippen molar-refractivity contribution in [2.24, 2.45) is 5.92 Å². The number of aryl methyl sites for hydroxylation is 2. The highest BCUT2D eigenvalue weighted by molar-refractivity contribution is 5.94. The first kappa shape index (κ1) is 10.4. The van der Waals surface area contributed by atoms with Crippen LogP contribution in [0.25, 0.3) is 0 Å². The number of aromatic amines is 1. The second kappa shape index (κ2) is 4.14. The van der Waals surface area contributed by atoms with E-state index in [0.29, 0.717) is 5.82 Å². The van der Waals surface area contributed by atoms with Crippen molar-refractivity contribution in [1.29, 1.82) is 0 Å². The van der Waals surface area contributed by atoms with Crippen LogP contribution in [0.5, 0.6) is 0 Å². The van der Waals surface area contributed by atoms with E-state index < -0.39 is 0 Å². The summed E-state index contributed by atoms with van der Waals surface area (Å²) in [5.41, 5.74) is 1.92. The van der Waals surface area contributed by atoms with Crippen LogP contribution in [0.3, 0.4) is 0 Å². The minimum Gasteiger partial charge on any atom is -0.339 e. The van der Waals surface area contributed by atoms with E-state index in [1.54, 1.807) is 0 Å². The number of Topliss-reactive ketones (excluding diaryl/α,β-unsaturated/α-hetero) is 1. The molecule has 0 atom stereocenters. The second-order valence-electron chi connectivity index (χ2n) is 4.18. The van der Waals surface area contributed by atoms with E-state index in [4.69, 9.17) is 0 Å². The third-order valence-corrected chi connectivity index (χ3v) is 3.07. The van der Waals surface area contributed by atoms with Crippen molar-refractivity contribution >= 4 is 5.78 Å². The third-order valence-electron chi connectivity index (χ3n) is 3.07. The van der Waals surface area contributed by atoms with Gasteiger partial charge in [0, 0.05) is 11.6 Å². The number of aromatic nitrogens is 2. The number of nitrogens with zero attached hydrogens (tertiary/aromatic N) is 1. The first-order valence-electron chi connectivity index (χ1n) is 5.46. The summed E-state index contributed by atoms with van der Waals surface area (Å²) in [4.78, 5) is 19.4. The van der Waals surface area contributed by atoms with Gasteiger partial charge in [0.1, 0.15) is 0 Å². The Kier molecular flexibility index (Phi) is 2.86. The van der Waals surface area contributed by atoms with E-state index in [1.807, 2.05) is 13.8 Å². The van der Waals surface area contributed by atoms with Crippen LogP contribution in [-0.4, -0.2) is 28.8 Å². The average Bonchev–Trinajstić information content (AvgIpc) is 2.59. The van der Waals surface area contributed by atoms with Crippen LogP contribution in [-0.2, 0) is 0 Å². The van der Waals surface area contributed by atoms with Crippen molar-refractivity contribution in [3.8, 4) is 0 Å². The van der Waals surface area contributed by atoms with Crippen LogP contribution >= 0.6 is 0 Å². The van der Waals surface area contributed by atoms with Gasteiger partial charge in [-0.2, -0.15) is 0 Å². The molecule has 1 fully saturated rings. The average molecular weight is 207 g/mol. The third kappa shape index (κ3) is 2.09. The summed E-state index contributed by atoms with van der Waals surface area (Å²) in [6.45, 7) is 5.75. The number of carbonyl (C=O) groups excluding carboxylic acids is 1. The van der Waals surface area contributed by atoms with E-state index in [0.717, 1.165) is 37.3 Å². The molecule has 0 spiro atoms. The standard InChI is InChI=1S/C11H17N3O/c1-7-8(2)14-11(13-7)10(15)9-3-5-12-6-4-9/h9,12H,3-6H2,1-2H3,(H,13,14). The lowest BCUT2D eigenvalue weighted by atomic mass is 9.93. The Morgan fingerprint density at radius 2 is 2.00 bits per heavy atom. The first-order chi connectivity index (χ1) is 7.18. The highest BCUT2D eigenvalue weighted by Crippen LogP contribution is 2.17. The summed E-state index contributed by atoms with van der Waals surface area (Å²) >= 11 is 0. The van der Waals surface area contributed by atoms with E-state index >= 15 is 0 Å². The molecule has 1 aliphatic rings. The molecule has 0 saturated carbocycles. The van der Waals surface area contributed by atoms with Crippen LogP contribution in [0.2, 0.25) is 0 Å². The summed E-state index contributed by atoms with van der Waals surface area (Å²) in [6, 6.07) is 0. The van der Waals surface area contributed by atoms with Gasteiger partial charge in [-0.05, 0) is 39.8 Å². The van der Waals surface area contributed by atoms with Crippen molar-refractivity contribution in [3.05, 3.63) is 17.2 Å². The fourth-order valence-corrected chi connectivity index (χ4v) is 1.94. The molecule has 0 amide bonds. The fourth-order valence-electron chi connectivity index (χ4n) is 1.94. The van der Waals surface area contributed by atoms with Gasteiger partial charge in [0.05, 0.1) is 5.69 Å². The Labute approximate surface area is 89.5 Å². The van der Waals surface area contributed by atoms with Crippen LogP contribution in [0.15, 0.2) is 0 Å². The zero-order valence-electron chi connectivity index (χ0n) is 9.26. The second-order valence-corrected chi connectivity index (χ2v) is 4.18. The number of rotatable bonds is 2. The molecule has 2 heterocycles. The fraction of sp³-hybridized carbons (Fsp3) is 0.636. The molecule has 1 aliphatic heterocycles. The summed E-state index contributed by atoms with van der Waals surface area (Å²) in [5, 5.41) is 3.25. The van der Waals surface area contributed by atoms with Gasteiger partial charge in [0.15, 0.2) is 5.82 Å². The molecule has 82 valence electrons. The summed E-state index contributed by atoms with van der Waals surface area (Å²) in [7, 11) is 0. The molecule has 0 unspecified atom stereocenters. The minimum atomic E-state index is 0.149. The molecule has 4 nitrogen and oxygen atoms in total. The number of imidazole rings is 1. The van der Waals surface area contributed by atoms with Crippen LogP contribution in [0.1, 0.15) is 34.8 Å². The van der Waals surface area contributed by atoms with Gasteiger partial charge < -0.3 is 10.3 Å². The number of piperidine rings is 1. The topological polar surface area (TPSA) is 57.8 Å². The quantitative estimate of drug-likeness (QED) is 0.717. The van der Waals surface area contributed by atoms with Crippen molar-refractivity contribution in [2.45, 2.75) is 26.7 Å². The Morgan fingerprint density at radius 1 is 1.33 bits per heavy atom. The number of nitrogens with one attached hydrogen (secondary N) is 2. The molecule has 0 bridgehead atoms. The minimum absolute atomic E-state index is 0.149. The molecular weight excluding hydrogens is 190 g/mol. The van der Waals surface area contributed by atoms with Crippen LogP contribution in [0.4, 0.5) is 0 Å². The molecule has 2 N–H and O–H groups in total. The van der Waals surface area contributed by atoms with Gasteiger partial charge in [-0.3, -0.25) is 4.79 Å². The normalized spacial score (nSPS) is 18.0. The van der Waals surface area contributed by atoms with E-state index in [9.17, 15) is 4.79 Å². The SMILES string of the molecule is Cc1nc(C(=O)C2CCNCC2)[nH]c1C. The Morgan fingerprint density at radius 3 is 2.53 bits per heavy atom. The van der Waals surface area contributed by atoms with Crippen LogP contribution < -0.4 is 5.32 Å². The molecule has 4 heteroatoms. The molecule has 2 rings (SSSR count). The number of hydrogen-bond donors (Lipinski definition) is 2. The molecule has 1 saturated heterocycles. The molecule has 0 aromatic carbocycles. The van der Waals surface area contributed by atoms with Gasteiger partial charge in [-0.25, -0.2) is 4.98 Å². The number of H-pyrrole nitrogens is 1. The summed E-state index contributed by atoms with van der Waals surface area (Å²) in [6.07, 6.45) is 1.86. The van der Waals surface area contributed by atoms with E-state index in [1.165, 1.54) is 0 Å². The zero-order chi connectivity index (χ0) is 10.8. The number of ketones is 1. The molecule has 1 aromatic heterocycles. The Balaban J connectivity index is 2.12. The van der Waals surface area contributed by atoms with Crippen LogP contribution in [0, 0.1) is 19.8 Å². The predicted octanol–water partition coefficient (Wildman–Crippen LogP) is 1.21. The van der Waals surface area contributed by atoms with Gasteiger partial charge in [-0.15, -0.1) is 0 Å². The lowest BCUT2D eigenvalue weighted by molar-refractivity contribution is 0.0885. The van der Waals surface area contributed by atoms with Gasteiger partial charge in [0.25, 0.3) is 0 Å². The Bertz CT molecular complexity index is 344.